The van der Waals surface area contributed by atoms with Crippen molar-refractivity contribution in [2.45, 2.75) is 64.6 Å². The van der Waals surface area contributed by atoms with Crippen LogP contribution >= 0.6 is 0 Å². The van der Waals surface area contributed by atoms with Gasteiger partial charge in [0.05, 0.1) is 27.4 Å². The van der Waals surface area contributed by atoms with Gasteiger partial charge in [-0.05, 0) is 12.8 Å². The zero-order valence-electron chi connectivity index (χ0n) is 14.3. The van der Waals surface area contributed by atoms with Gasteiger partial charge in [-0.3, -0.25) is 0 Å². The highest BCUT2D eigenvalue weighted by molar-refractivity contribution is 5.74. The average Bonchev–Trinajstić information content (AvgIpc) is 2.55. The Labute approximate surface area is 133 Å². The van der Waals surface area contributed by atoms with Crippen molar-refractivity contribution in [3.8, 4) is 0 Å². The Bertz CT molecular complexity index is 275. The second-order valence-electron chi connectivity index (χ2n) is 5.05. The lowest BCUT2D eigenvalue weighted by Gasteiger charge is -2.18. The van der Waals surface area contributed by atoms with Gasteiger partial charge in [0, 0.05) is 0 Å². The molecule has 0 radical (unpaired) electrons. The van der Waals surface area contributed by atoms with E-state index in [-0.39, 0.29) is 25.2 Å². The quantitative estimate of drug-likeness (QED) is 0.384. The van der Waals surface area contributed by atoms with E-state index in [1.165, 1.54) is 14.2 Å². The fourth-order valence-corrected chi connectivity index (χ4v) is 1.96. The van der Waals surface area contributed by atoms with Crippen LogP contribution in [0.25, 0.3) is 0 Å². The van der Waals surface area contributed by atoms with E-state index in [1.807, 2.05) is 13.8 Å². The van der Waals surface area contributed by atoms with Crippen molar-refractivity contribution in [3.63, 3.8) is 0 Å². The van der Waals surface area contributed by atoms with Gasteiger partial charge in [-0.1, -0.05) is 39.5 Å². The van der Waals surface area contributed by atoms with Crippen molar-refractivity contribution in [1.82, 2.24) is 0 Å². The third kappa shape index (κ3) is 9.00. The van der Waals surface area contributed by atoms with Gasteiger partial charge in [0.15, 0.2) is 12.2 Å². The molecule has 0 saturated carbocycles. The summed E-state index contributed by atoms with van der Waals surface area (Å²) >= 11 is 0. The molecule has 0 aromatic heterocycles. The van der Waals surface area contributed by atoms with E-state index in [1.54, 1.807) is 0 Å². The molecule has 0 amide bonds. The maximum Gasteiger partial charge on any atom is 0.334 e. The minimum Gasteiger partial charge on any atom is -0.467 e. The number of ether oxygens (including phenoxy) is 4. The molecular weight excluding hydrogens is 288 g/mol. The molecule has 0 aliphatic rings. The van der Waals surface area contributed by atoms with Gasteiger partial charge in [0.2, 0.25) is 0 Å². The molecule has 0 spiro atoms. The summed E-state index contributed by atoms with van der Waals surface area (Å²) in [6.07, 6.45) is 3.85. The zero-order chi connectivity index (χ0) is 16.8. The maximum absolute atomic E-state index is 11.6. The van der Waals surface area contributed by atoms with E-state index >= 15 is 0 Å². The largest absolute Gasteiger partial charge is 0.467 e. The van der Waals surface area contributed by atoms with Crippen LogP contribution in [0.1, 0.15) is 52.4 Å². The summed E-state index contributed by atoms with van der Waals surface area (Å²) in [4.78, 5) is 23.2. The summed E-state index contributed by atoms with van der Waals surface area (Å²) in [5.74, 6) is -0.743. The molecule has 130 valence electrons. The van der Waals surface area contributed by atoms with E-state index in [4.69, 9.17) is 18.9 Å². The van der Waals surface area contributed by atoms with Gasteiger partial charge in [-0.2, -0.15) is 0 Å². The molecule has 0 fully saturated rings. The van der Waals surface area contributed by atoms with Crippen LogP contribution in [0.4, 0.5) is 0 Å². The van der Waals surface area contributed by atoms with Crippen LogP contribution in [-0.4, -0.2) is 51.6 Å². The van der Waals surface area contributed by atoms with Gasteiger partial charge >= 0.3 is 11.9 Å². The lowest BCUT2D eigenvalue weighted by atomic mass is 10.1. The Morgan fingerprint density at radius 2 is 1.14 bits per heavy atom. The third-order valence-corrected chi connectivity index (χ3v) is 3.29. The van der Waals surface area contributed by atoms with Crippen molar-refractivity contribution in [2.75, 3.05) is 27.4 Å². The van der Waals surface area contributed by atoms with Crippen molar-refractivity contribution in [3.05, 3.63) is 0 Å². The van der Waals surface area contributed by atoms with E-state index in [0.717, 1.165) is 25.7 Å². The van der Waals surface area contributed by atoms with Crippen LogP contribution in [-0.2, 0) is 28.5 Å². The van der Waals surface area contributed by atoms with Crippen molar-refractivity contribution >= 4 is 11.9 Å². The minimum atomic E-state index is -0.569. The fourth-order valence-electron chi connectivity index (χ4n) is 1.96. The Morgan fingerprint density at radius 1 is 0.773 bits per heavy atom. The van der Waals surface area contributed by atoms with Crippen LogP contribution in [0.2, 0.25) is 0 Å². The Morgan fingerprint density at radius 3 is 1.41 bits per heavy atom. The number of methoxy groups -OCH3 is 2. The normalized spacial score (nSPS) is 13.5. The second-order valence-corrected chi connectivity index (χ2v) is 5.05. The third-order valence-electron chi connectivity index (χ3n) is 3.29. The summed E-state index contributed by atoms with van der Waals surface area (Å²) in [5.41, 5.74) is 0. The molecule has 0 bridgehead atoms. The number of rotatable bonds is 13. The first-order chi connectivity index (χ1) is 10.6. The molecule has 0 aromatic rings. The molecule has 0 rings (SSSR count). The number of carbonyl (C=O) groups excluding carboxylic acids is 2. The highest BCUT2D eigenvalue weighted by atomic mass is 16.6. The molecule has 0 aliphatic carbocycles. The minimum absolute atomic E-state index is 0.239. The first-order valence-corrected chi connectivity index (χ1v) is 7.99. The van der Waals surface area contributed by atoms with Crippen LogP contribution < -0.4 is 0 Å². The maximum atomic E-state index is 11.6. The van der Waals surface area contributed by atoms with Gasteiger partial charge in [-0.25, -0.2) is 9.59 Å². The lowest BCUT2D eigenvalue weighted by Crippen LogP contribution is -2.30. The fraction of sp³-hybridized carbons (Fsp3) is 0.875. The van der Waals surface area contributed by atoms with E-state index < -0.39 is 12.2 Å². The molecule has 6 heteroatoms. The van der Waals surface area contributed by atoms with Gasteiger partial charge in [0.25, 0.3) is 0 Å². The van der Waals surface area contributed by atoms with Gasteiger partial charge in [-0.15, -0.1) is 0 Å². The average molecular weight is 318 g/mol. The van der Waals surface area contributed by atoms with E-state index in [0.29, 0.717) is 12.8 Å². The Balaban J connectivity index is 4.15. The number of carbonyl (C=O) groups is 2. The predicted molar refractivity (Wildman–Crippen MR) is 82.6 cm³/mol. The highest BCUT2D eigenvalue weighted by Gasteiger charge is 2.21. The Hall–Kier alpha value is -1.14. The van der Waals surface area contributed by atoms with Crippen LogP contribution in [0.3, 0.4) is 0 Å². The molecule has 0 aromatic carbocycles. The smallest absolute Gasteiger partial charge is 0.334 e. The summed E-state index contributed by atoms with van der Waals surface area (Å²) in [6, 6.07) is 0. The van der Waals surface area contributed by atoms with E-state index in [9.17, 15) is 9.59 Å². The number of hydrogen-bond donors (Lipinski definition) is 0. The number of hydrogen-bond acceptors (Lipinski definition) is 6. The van der Waals surface area contributed by atoms with Crippen LogP contribution in [0.5, 0.6) is 0 Å². The molecular formula is C16H30O6. The monoisotopic (exact) mass is 318 g/mol. The van der Waals surface area contributed by atoms with Crippen LogP contribution in [0, 0.1) is 0 Å². The van der Waals surface area contributed by atoms with Crippen molar-refractivity contribution in [2.24, 2.45) is 0 Å². The zero-order valence-corrected chi connectivity index (χ0v) is 14.3. The first kappa shape index (κ1) is 20.9. The Kier molecular flexibility index (Phi) is 12.8. The van der Waals surface area contributed by atoms with Crippen molar-refractivity contribution < 1.29 is 28.5 Å². The molecule has 22 heavy (non-hydrogen) atoms. The molecule has 0 N–H and O–H groups in total. The van der Waals surface area contributed by atoms with Gasteiger partial charge < -0.3 is 18.9 Å². The standard InChI is InChI=1S/C16H30O6/c1-5-7-9-13(15(17)19-3)21-11-12-22-14(10-8-6-2)16(18)20-4/h13-14H,5-12H2,1-4H3. The summed E-state index contributed by atoms with van der Waals surface area (Å²) in [6.45, 7) is 4.57. The summed E-state index contributed by atoms with van der Waals surface area (Å²) in [7, 11) is 2.69. The highest BCUT2D eigenvalue weighted by Crippen LogP contribution is 2.09. The molecule has 2 unspecified atom stereocenters. The predicted octanol–water partition coefficient (Wildman–Crippen LogP) is 2.48. The SMILES string of the molecule is CCCCC(OCCOC(CCCC)C(=O)OC)C(=O)OC. The molecule has 0 saturated heterocycles. The molecule has 0 heterocycles. The number of esters is 2. The second kappa shape index (κ2) is 13.5. The summed E-state index contributed by atoms with van der Waals surface area (Å²) in [5, 5.41) is 0. The number of unbranched alkanes of at least 4 members (excludes halogenated alkanes) is 2. The lowest BCUT2D eigenvalue weighted by molar-refractivity contribution is -0.161. The molecule has 2 atom stereocenters. The van der Waals surface area contributed by atoms with Gasteiger partial charge in [0.1, 0.15) is 0 Å². The molecule has 6 nitrogen and oxygen atoms in total. The first-order valence-electron chi connectivity index (χ1n) is 7.99. The van der Waals surface area contributed by atoms with Crippen molar-refractivity contribution in [1.29, 1.82) is 0 Å². The topological polar surface area (TPSA) is 71.1 Å². The summed E-state index contributed by atoms with van der Waals surface area (Å²) < 4.78 is 20.5. The van der Waals surface area contributed by atoms with Crippen LogP contribution in [0.15, 0.2) is 0 Å². The molecule has 0 aliphatic heterocycles. The van der Waals surface area contributed by atoms with E-state index in [2.05, 4.69) is 0 Å².